The zero-order chi connectivity index (χ0) is 21.7. The van der Waals surface area contributed by atoms with E-state index in [4.69, 9.17) is 14.2 Å². The van der Waals surface area contributed by atoms with Crippen LogP contribution in [0.15, 0.2) is 18.2 Å². The molecule has 0 aliphatic carbocycles. The predicted molar refractivity (Wildman–Crippen MR) is 126 cm³/mol. The summed E-state index contributed by atoms with van der Waals surface area (Å²) in [6.07, 6.45) is -1.89. The highest BCUT2D eigenvalue weighted by Gasteiger charge is 2.46. The molecule has 12 heteroatoms. The van der Waals surface area contributed by atoms with Gasteiger partial charge in [-0.1, -0.05) is 0 Å². The number of methoxy groups -OCH3 is 2. The lowest BCUT2D eigenvalue weighted by molar-refractivity contribution is -0.0205. The quantitative estimate of drug-likeness (QED) is 0.428. The molecular formula is C20H34Cl2N4O6. The van der Waals surface area contributed by atoms with Gasteiger partial charge in [-0.2, -0.15) is 0 Å². The minimum atomic E-state index is -0.809. The molecule has 0 bridgehead atoms. The Kier molecular flexibility index (Phi) is 11.8. The normalized spacial score (nSPS) is 25.9. The average molecular weight is 497 g/mol. The molecule has 2 aliphatic rings. The first-order valence-electron chi connectivity index (χ1n) is 10.1. The number of nitrogens with one attached hydrogen (secondary N) is 2. The van der Waals surface area contributed by atoms with E-state index in [-0.39, 0.29) is 44.0 Å². The van der Waals surface area contributed by atoms with Gasteiger partial charge in [0.2, 0.25) is 0 Å². The van der Waals surface area contributed by atoms with Crippen molar-refractivity contribution >= 4 is 36.5 Å². The number of anilines is 1. The van der Waals surface area contributed by atoms with E-state index < -0.39 is 24.3 Å². The first-order chi connectivity index (χ1) is 14.4. The number of rotatable bonds is 7. The molecule has 2 saturated heterocycles. The van der Waals surface area contributed by atoms with Gasteiger partial charge in [0.05, 0.1) is 33.0 Å². The number of urea groups is 1. The maximum atomic E-state index is 12.4. The van der Waals surface area contributed by atoms with Crippen molar-refractivity contribution in [2.45, 2.75) is 24.4 Å². The number of ether oxygens (including phenoxy) is 3. The van der Waals surface area contributed by atoms with Gasteiger partial charge in [-0.25, -0.2) is 4.79 Å². The summed E-state index contributed by atoms with van der Waals surface area (Å²) in [5.74, 6) is 1.13. The second-order valence-electron chi connectivity index (χ2n) is 7.65. The van der Waals surface area contributed by atoms with Gasteiger partial charge >= 0.3 is 6.03 Å². The monoisotopic (exact) mass is 496 g/mol. The van der Waals surface area contributed by atoms with E-state index in [0.29, 0.717) is 17.2 Å². The van der Waals surface area contributed by atoms with Crippen LogP contribution >= 0.6 is 24.8 Å². The van der Waals surface area contributed by atoms with Crippen LogP contribution in [-0.2, 0) is 4.74 Å². The molecule has 1 aromatic rings. The average Bonchev–Trinajstić information content (AvgIpc) is 3.07. The number of carbonyl (C=O) groups is 1. The highest BCUT2D eigenvalue weighted by molar-refractivity contribution is 5.89. The second kappa shape index (κ2) is 13.2. The molecule has 10 nitrogen and oxygen atoms in total. The summed E-state index contributed by atoms with van der Waals surface area (Å²) >= 11 is 0. The maximum absolute atomic E-state index is 12.4. The van der Waals surface area contributed by atoms with Crippen LogP contribution in [0.5, 0.6) is 11.5 Å². The smallest absolute Gasteiger partial charge is 0.319 e. The lowest BCUT2D eigenvalue weighted by Gasteiger charge is -2.39. The third-order valence-corrected chi connectivity index (χ3v) is 5.67. The van der Waals surface area contributed by atoms with Crippen molar-refractivity contribution in [3.63, 3.8) is 0 Å². The number of aliphatic hydroxyl groups is 2. The SMILES string of the molecule is COc1cc(NC(=O)NC[C@H]2O[C@@H](CO)[C@@H](O)[C@H]2N2CCN(C)CC2)cc(OC)c1.Cl.Cl. The van der Waals surface area contributed by atoms with Crippen molar-refractivity contribution < 1.29 is 29.2 Å². The van der Waals surface area contributed by atoms with E-state index in [1.54, 1.807) is 18.2 Å². The molecule has 0 aromatic heterocycles. The number of halogens is 2. The number of carbonyl (C=O) groups excluding carboxylic acids is 1. The van der Waals surface area contributed by atoms with Crippen LogP contribution in [0.4, 0.5) is 10.5 Å². The molecule has 4 atom stereocenters. The number of benzene rings is 1. The van der Waals surface area contributed by atoms with E-state index in [1.165, 1.54) is 14.2 Å². The molecule has 2 aliphatic heterocycles. The number of nitrogens with zero attached hydrogens (tertiary/aromatic N) is 2. The molecule has 2 fully saturated rings. The zero-order valence-corrected chi connectivity index (χ0v) is 20.2. The molecule has 3 rings (SSSR count). The molecule has 4 N–H and O–H groups in total. The van der Waals surface area contributed by atoms with Crippen LogP contribution in [0.2, 0.25) is 0 Å². The molecule has 32 heavy (non-hydrogen) atoms. The van der Waals surface area contributed by atoms with Crippen molar-refractivity contribution in [1.82, 2.24) is 15.1 Å². The Hall–Kier alpha value is -1.53. The summed E-state index contributed by atoms with van der Waals surface area (Å²) in [6.45, 7) is 3.32. The highest BCUT2D eigenvalue weighted by atomic mass is 35.5. The lowest BCUT2D eigenvalue weighted by atomic mass is 10.0. The summed E-state index contributed by atoms with van der Waals surface area (Å²) in [6, 6.07) is 4.40. The van der Waals surface area contributed by atoms with Gasteiger partial charge in [0.15, 0.2) is 0 Å². The summed E-state index contributed by atoms with van der Waals surface area (Å²) < 4.78 is 16.3. The molecule has 0 saturated carbocycles. The third-order valence-electron chi connectivity index (χ3n) is 5.67. The van der Waals surface area contributed by atoms with Crippen molar-refractivity contribution in [2.24, 2.45) is 0 Å². The zero-order valence-electron chi connectivity index (χ0n) is 18.5. The third kappa shape index (κ3) is 6.98. The largest absolute Gasteiger partial charge is 0.497 e. The molecule has 1 aromatic carbocycles. The van der Waals surface area contributed by atoms with Crippen LogP contribution in [0.3, 0.4) is 0 Å². The topological polar surface area (TPSA) is 116 Å². The molecular weight excluding hydrogens is 463 g/mol. The highest BCUT2D eigenvalue weighted by Crippen LogP contribution is 2.27. The lowest BCUT2D eigenvalue weighted by Crippen LogP contribution is -2.57. The number of amides is 2. The first kappa shape index (κ1) is 28.5. The van der Waals surface area contributed by atoms with Gasteiger partial charge in [-0.3, -0.25) is 4.90 Å². The Morgan fingerprint density at radius 3 is 2.22 bits per heavy atom. The van der Waals surface area contributed by atoms with E-state index >= 15 is 0 Å². The Balaban J connectivity index is 0.00000256. The van der Waals surface area contributed by atoms with Crippen molar-refractivity contribution in [3.05, 3.63) is 18.2 Å². The van der Waals surface area contributed by atoms with Crippen LogP contribution in [0, 0.1) is 0 Å². The number of likely N-dealkylation sites (N-methyl/N-ethyl adjacent to an activating group) is 1. The van der Waals surface area contributed by atoms with Crippen LogP contribution in [0.25, 0.3) is 0 Å². The van der Waals surface area contributed by atoms with E-state index in [9.17, 15) is 15.0 Å². The van der Waals surface area contributed by atoms with E-state index in [2.05, 4.69) is 27.5 Å². The van der Waals surface area contributed by atoms with Gasteiger partial charge < -0.3 is 40.0 Å². The van der Waals surface area contributed by atoms with Crippen molar-refractivity contribution in [2.75, 3.05) is 65.9 Å². The predicted octanol–water partition coefficient (Wildman–Crippen LogP) is 0.406. The van der Waals surface area contributed by atoms with Gasteiger partial charge in [-0.05, 0) is 7.05 Å². The maximum Gasteiger partial charge on any atom is 0.319 e. The minimum Gasteiger partial charge on any atom is -0.497 e. The van der Waals surface area contributed by atoms with Crippen LogP contribution < -0.4 is 20.1 Å². The Labute approximate surface area is 201 Å². The van der Waals surface area contributed by atoms with Gasteiger partial charge in [0.25, 0.3) is 0 Å². The van der Waals surface area contributed by atoms with E-state index in [0.717, 1.165) is 26.2 Å². The minimum absolute atomic E-state index is 0. The Bertz CT molecular complexity index is 701. The fourth-order valence-electron chi connectivity index (χ4n) is 3.96. The summed E-state index contributed by atoms with van der Waals surface area (Å²) in [4.78, 5) is 16.8. The fraction of sp³-hybridized carbons (Fsp3) is 0.650. The van der Waals surface area contributed by atoms with Gasteiger partial charge in [0, 0.05) is 56.6 Å². The molecule has 0 unspecified atom stereocenters. The molecule has 0 spiro atoms. The van der Waals surface area contributed by atoms with Gasteiger partial charge in [-0.15, -0.1) is 24.8 Å². The molecule has 2 heterocycles. The number of aliphatic hydroxyl groups excluding tert-OH is 2. The number of hydrogen-bond acceptors (Lipinski definition) is 8. The first-order valence-corrected chi connectivity index (χ1v) is 10.1. The van der Waals surface area contributed by atoms with E-state index in [1.807, 2.05) is 0 Å². The molecule has 2 amide bonds. The van der Waals surface area contributed by atoms with Crippen LogP contribution in [-0.4, -0.2) is 111 Å². The van der Waals surface area contributed by atoms with Gasteiger partial charge in [0.1, 0.15) is 23.7 Å². The molecule has 184 valence electrons. The summed E-state index contributed by atoms with van der Waals surface area (Å²) in [7, 11) is 5.14. The standard InChI is InChI=1S/C20H32N4O6.2ClH/c1-23-4-6-24(7-5-23)18-16(30-17(12-25)19(18)26)11-21-20(27)22-13-8-14(28-2)10-15(9-13)29-3;;/h8-10,16-19,25-26H,4-7,11-12H2,1-3H3,(H2,21,22,27);2*1H/t16-,17+,18+,19-;;/m1../s1. The van der Waals surface area contributed by atoms with Crippen molar-refractivity contribution in [3.8, 4) is 11.5 Å². The second-order valence-corrected chi connectivity index (χ2v) is 7.65. The Morgan fingerprint density at radius 2 is 1.69 bits per heavy atom. The van der Waals surface area contributed by atoms with Crippen LogP contribution in [0.1, 0.15) is 0 Å². The number of piperazine rings is 1. The van der Waals surface area contributed by atoms with Crippen molar-refractivity contribution in [1.29, 1.82) is 0 Å². The Morgan fingerprint density at radius 1 is 1.09 bits per heavy atom. The fourth-order valence-corrected chi connectivity index (χ4v) is 3.96. The summed E-state index contributed by atoms with van der Waals surface area (Å²) in [5.41, 5.74) is 0.528. The number of hydrogen-bond donors (Lipinski definition) is 4. The summed E-state index contributed by atoms with van der Waals surface area (Å²) in [5, 5.41) is 25.8. The molecule has 0 radical (unpaired) electrons.